The molecule has 2 heterocycles. The molecular formula is C22H21FN4O4. The van der Waals surface area contributed by atoms with Crippen LogP contribution in [0, 0.1) is 22.9 Å². The van der Waals surface area contributed by atoms with E-state index in [1.807, 2.05) is 30.5 Å². The Morgan fingerprint density at radius 1 is 1.13 bits per heavy atom. The molecule has 0 unspecified atom stereocenters. The van der Waals surface area contributed by atoms with Gasteiger partial charge in [-0.05, 0) is 24.6 Å². The second-order valence-electron chi connectivity index (χ2n) is 7.57. The molecule has 2 aromatic carbocycles. The number of nitrogens with zero attached hydrogens (tertiary/aromatic N) is 3. The van der Waals surface area contributed by atoms with Gasteiger partial charge < -0.3 is 14.8 Å². The van der Waals surface area contributed by atoms with Crippen LogP contribution in [0.3, 0.4) is 0 Å². The summed E-state index contributed by atoms with van der Waals surface area (Å²) in [5.41, 5.74) is 1.31. The molecule has 8 nitrogen and oxygen atoms in total. The van der Waals surface area contributed by atoms with Crippen molar-refractivity contribution in [2.24, 2.45) is 0 Å². The van der Waals surface area contributed by atoms with Crippen molar-refractivity contribution in [1.82, 2.24) is 14.8 Å². The van der Waals surface area contributed by atoms with E-state index in [1.54, 1.807) is 4.90 Å². The summed E-state index contributed by atoms with van der Waals surface area (Å²) in [5, 5.41) is 12.1. The van der Waals surface area contributed by atoms with Gasteiger partial charge in [0.15, 0.2) is 0 Å². The first-order chi connectivity index (χ1) is 14.8. The molecule has 1 fully saturated rings. The van der Waals surface area contributed by atoms with Crippen LogP contribution in [0.4, 0.5) is 10.1 Å². The Morgan fingerprint density at radius 2 is 1.81 bits per heavy atom. The number of benzene rings is 2. The molecule has 0 spiro atoms. The third-order valence-electron chi connectivity index (χ3n) is 5.70. The molecule has 0 bridgehead atoms. The fraction of sp³-hybridized carbons (Fsp3) is 0.273. The van der Waals surface area contributed by atoms with E-state index in [1.165, 1.54) is 11.8 Å². The fourth-order valence-corrected chi connectivity index (χ4v) is 3.87. The van der Waals surface area contributed by atoms with Gasteiger partial charge >= 0.3 is 0 Å². The SMILES string of the molecule is Cc1c(F)cc(C(=O)N2CCN(C(=O)Cc3c[nH]c4ccccc34)CC2)cc1[N+](=O)[O-]. The Morgan fingerprint density at radius 3 is 2.52 bits per heavy atom. The molecule has 1 aliphatic heterocycles. The number of hydrogen-bond donors (Lipinski definition) is 1. The predicted octanol–water partition coefficient (Wildman–Crippen LogP) is 3.05. The van der Waals surface area contributed by atoms with Crippen molar-refractivity contribution in [3.05, 3.63) is 75.2 Å². The van der Waals surface area contributed by atoms with Crippen LogP contribution >= 0.6 is 0 Å². The summed E-state index contributed by atoms with van der Waals surface area (Å²) in [6.45, 7) is 2.57. The van der Waals surface area contributed by atoms with Crippen molar-refractivity contribution in [2.75, 3.05) is 26.2 Å². The zero-order valence-corrected chi connectivity index (χ0v) is 16.9. The molecule has 9 heteroatoms. The minimum absolute atomic E-state index is 0.0335. The molecule has 1 aliphatic rings. The summed E-state index contributed by atoms with van der Waals surface area (Å²) in [7, 11) is 0. The lowest BCUT2D eigenvalue weighted by atomic mass is 10.1. The van der Waals surface area contributed by atoms with Gasteiger partial charge in [0.05, 0.1) is 16.9 Å². The van der Waals surface area contributed by atoms with E-state index in [4.69, 9.17) is 0 Å². The first-order valence-electron chi connectivity index (χ1n) is 9.91. The second kappa shape index (κ2) is 8.17. The number of carbonyl (C=O) groups is 2. The lowest BCUT2D eigenvalue weighted by Gasteiger charge is -2.35. The molecule has 0 atom stereocenters. The number of nitrogens with one attached hydrogen (secondary N) is 1. The number of para-hydroxylation sites is 1. The van der Waals surface area contributed by atoms with Gasteiger partial charge in [0.1, 0.15) is 5.82 Å². The molecule has 0 radical (unpaired) electrons. The second-order valence-corrected chi connectivity index (χ2v) is 7.57. The molecule has 3 aromatic rings. The number of aromatic nitrogens is 1. The number of halogens is 1. The smallest absolute Gasteiger partial charge is 0.276 e. The van der Waals surface area contributed by atoms with Crippen LogP contribution in [0.25, 0.3) is 10.9 Å². The Kier molecular flexibility index (Phi) is 5.41. The molecule has 160 valence electrons. The lowest BCUT2D eigenvalue weighted by molar-refractivity contribution is -0.385. The summed E-state index contributed by atoms with van der Waals surface area (Å²) in [6.07, 6.45) is 2.09. The highest BCUT2D eigenvalue weighted by Crippen LogP contribution is 2.24. The van der Waals surface area contributed by atoms with E-state index in [2.05, 4.69) is 4.98 Å². The van der Waals surface area contributed by atoms with Crippen molar-refractivity contribution in [3.63, 3.8) is 0 Å². The number of aromatic amines is 1. The zero-order chi connectivity index (χ0) is 22.1. The van der Waals surface area contributed by atoms with Crippen LogP contribution in [0.15, 0.2) is 42.6 Å². The van der Waals surface area contributed by atoms with Crippen LogP contribution in [0.5, 0.6) is 0 Å². The minimum Gasteiger partial charge on any atom is -0.361 e. The fourth-order valence-electron chi connectivity index (χ4n) is 3.87. The Labute approximate surface area is 177 Å². The van der Waals surface area contributed by atoms with Gasteiger partial charge in [-0.2, -0.15) is 0 Å². The van der Waals surface area contributed by atoms with E-state index in [9.17, 15) is 24.1 Å². The van der Waals surface area contributed by atoms with Gasteiger partial charge in [0.25, 0.3) is 11.6 Å². The minimum atomic E-state index is -0.787. The molecule has 1 N–H and O–H groups in total. The molecule has 4 rings (SSSR count). The highest BCUT2D eigenvalue weighted by molar-refractivity contribution is 5.95. The summed E-state index contributed by atoms with van der Waals surface area (Å²) in [6, 6.07) is 9.90. The average molecular weight is 424 g/mol. The quantitative estimate of drug-likeness (QED) is 0.514. The van der Waals surface area contributed by atoms with Crippen LogP contribution < -0.4 is 0 Å². The number of fused-ring (bicyclic) bond motifs is 1. The highest BCUT2D eigenvalue weighted by atomic mass is 19.1. The largest absolute Gasteiger partial charge is 0.361 e. The van der Waals surface area contributed by atoms with Crippen molar-refractivity contribution < 1.29 is 18.9 Å². The number of H-pyrrole nitrogens is 1. The first-order valence-corrected chi connectivity index (χ1v) is 9.91. The van der Waals surface area contributed by atoms with Crippen LogP contribution in [-0.4, -0.2) is 57.7 Å². The Hall–Kier alpha value is -3.75. The third-order valence-corrected chi connectivity index (χ3v) is 5.70. The van der Waals surface area contributed by atoms with E-state index < -0.39 is 22.3 Å². The third kappa shape index (κ3) is 3.98. The summed E-state index contributed by atoms with van der Waals surface area (Å²) < 4.78 is 14.1. The Balaban J connectivity index is 1.41. The maximum atomic E-state index is 14.1. The molecule has 2 amide bonds. The van der Waals surface area contributed by atoms with E-state index >= 15 is 0 Å². The standard InChI is InChI=1S/C22H21FN4O4/c1-14-18(23)10-15(11-20(14)27(30)31)22(29)26-8-6-25(7-9-26)21(28)12-16-13-24-19-5-3-2-4-17(16)19/h2-5,10-11,13,24H,6-9,12H2,1H3. The van der Waals surface area contributed by atoms with Gasteiger partial charge in [0, 0.05) is 54.9 Å². The zero-order valence-electron chi connectivity index (χ0n) is 16.9. The maximum Gasteiger partial charge on any atom is 0.276 e. The lowest BCUT2D eigenvalue weighted by Crippen LogP contribution is -2.51. The average Bonchev–Trinajstić information content (AvgIpc) is 3.17. The summed E-state index contributed by atoms with van der Waals surface area (Å²) in [4.78, 5) is 42.3. The van der Waals surface area contributed by atoms with Crippen LogP contribution in [0.2, 0.25) is 0 Å². The summed E-state index contributed by atoms with van der Waals surface area (Å²) in [5.74, 6) is -1.30. The number of nitro benzene ring substituents is 1. The molecule has 31 heavy (non-hydrogen) atoms. The van der Waals surface area contributed by atoms with Gasteiger partial charge in [-0.15, -0.1) is 0 Å². The van der Waals surface area contributed by atoms with Gasteiger partial charge in [0.2, 0.25) is 5.91 Å². The van der Waals surface area contributed by atoms with Gasteiger partial charge in [-0.1, -0.05) is 18.2 Å². The van der Waals surface area contributed by atoms with E-state index in [0.29, 0.717) is 13.1 Å². The molecule has 1 saturated heterocycles. The number of amides is 2. The van der Waals surface area contributed by atoms with Crippen molar-refractivity contribution >= 4 is 28.4 Å². The molecule has 0 saturated carbocycles. The maximum absolute atomic E-state index is 14.1. The normalized spacial score (nSPS) is 14.1. The Bertz CT molecular complexity index is 1180. The first kappa shape index (κ1) is 20.5. The van der Waals surface area contributed by atoms with Crippen molar-refractivity contribution in [2.45, 2.75) is 13.3 Å². The molecular weight excluding hydrogens is 403 g/mol. The topological polar surface area (TPSA) is 99.6 Å². The van der Waals surface area contributed by atoms with E-state index in [-0.39, 0.29) is 36.5 Å². The number of nitro groups is 1. The van der Waals surface area contributed by atoms with Gasteiger partial charge in [-0.3, -0.25) is 19.7 Å². The number of hydrogen-bond acceptors (Lipinski definition) is 4. The monoisotopic (exact) mass is 424 g/mol. The predicted molar refractivity (Wildman–Crippen MR) is 112 cm³/mol. The van der Waals surface area contributed by atoms with Gasteiger partial charge in [-0.25, -0.2) is 4.39 Å². The van der Waals surface area contributed by atoms with Crippen LogP contribution in [0.1, 0.15) is 21.5 Å². The van der Waals surface area contributed by atoms with E-state index in [0.717, 1.165) is 28.6 Å². The molecule has 0 aliphatic carbocycles. The summed E-state index contributed by atoms with van der Waals surface area (Å²) >= 11 is 0. The van der Waals surface area contributed by atoms with Crippen LogP contribution in [-0.2, 0) is 11.2 Å². The number of rotatable bonds is 4. The van der Waals surface area contributed by atoms with Crippen molar-refractivity contribution in [3.8, 4) is 0 Å². The highest BCUT2D eigenvalue weighted by Gasteiger charge is 2.27. The molecule has 1 aromatic heterocycles. The number of carbonyl (C=O) groups excluding carboxylic acids is 2. The number of piperazine rings is 1. The van der Waals surface area contributed by atoms with Crippen molar-refractivity contribution in [1.29, 1.82) is 0 Å².